The van der Waals surface area contributed by atoms with Gasteiger partial charge in [0.15, 0.2) is 0 Å². The summed E-state index contributed by atoms with van der Waals surface area (Å²) in [5.41, 5.74) is 0. The van der Waals surface area contributed by atoms with Gasteiger partial charge in [-0.05, 0) is 37.3 Å². The van der Waals surface area contributed by atoms with Gasteiger partial charge in [0.2, 0.25) is 11.7 Å². The first kappa shape index (κ1) is 12.8. The van der Waals surface area contributed by atoms with E-state index in [-0.39, 0.29) is 12.6 Å². The smallest absolute Gasteiger partial charge is 0.244 e. The number of rotatable bonds is 4. The van der Waals surface area contributed by atoms with Crippen LogP contribution in [0.3, 0.4) is 0 Å². The highest BCUT2D eigenvalue weighted by molar-refractivity contribution is 7.13. The second kappa shape index (κ2) is 5.40. The van der Waals surface area contributed by atoms with Crippen LogP contribution in [0.1, 0.15) is 25.3 Å². The van der Waals surface area contributed by atoms with Crippen molar-refractivity contribution in [3.63, 3.8) is 0 Å². The summed E-state index contributed by atoms with van der Waals surface area (Å²) in [5, 5.41) is 15.2. The lowest BCUT2D eigenvalue weighted by atomic mass is 10.1. The summed E-state index contributed by atoms with van der Waals surface area (Å²) >= 11 is 1.61. The van der Waals surface area contributed by atoms with E-state index < -0.39 is 0 Å². The highest BCUT2D eigenvalue weighted by Crippen LogP contribution is 2.28. The van der Waals surface area contributed by atoms with Crippen LogP contribution < -0.4 is 0 Å². The van der Waals surface area contributed by atoms with Crippen LogP contribution in [0.2, 0.25) is 0 Å². The molecule has 1 aliphatic heterocycles. The average molecular weight is 279 g/mol. The van der Waals surface area contributed by atoms with Gasteiger partial charge in [0, 0.05) is 13.2 Å². The molecule has 2 aromatic rings. The molecule has 0 saturated carbocycles. The molecule has 2 unspecified atom stereocenters. The molecule has 0 spiro atoms. The number of aliphatic hydroxyl groups excluding tert-OH is 1. The van der Waals surface area contributed by atoms with Crippen molar-refractivity contribution in [3.05, 3.63) is 23.4 Å². The first-order chi connectivity index (χ1) is 9.28. The molecular formula is C13H17N3O2S. The molecule has 1 saturated heterocycles. The Hall–Kier alpha value is -1.24. The molecule has 1 fully saturated rings. The first-order valence-electron chi connectivity index (χ1n) is 6.50. The van der Waals surface area contributed by atoms with Crippen molar-refractivity contribution in [1.29, 1.82) is 0 Å². The number of aliphatic hydroxyl groups is 1. The second-order valence-electron chi connectivity index (χ2n) is 4.94. The predicted molar refractivity (Wildman–Crippen MR) is 72.8 cm³/mol. The van der Waals surface area contributed by atoms with Gasteiger partial charge in [-0.25, -0.2) is 0 Å². The van der Waals surface area contributed by atoms with E-state index in [0.717, 1.165) is 24.4 Å². The Morgan fingerprint density at radius 1 is 1.63 bits per heavy atom. The van der Waals surface area contributed by atoms with Gasteiger partial charge in [-0.3, -0.25) is 4.90 Å². The van der Waals surface area contributed by atoms with Crippen molar-refractivity contribution in [1.82, 2.24) is 15.0 Å². The van der Waals surface area contributed by atoms with E-state index in [2.05, 4.69) is 22.0 Å². The monoisotopic (exact) mass is 279 g/mol. The van der Waals surface area contributed by atoms with E-state index >= 15 is 0 Å². The zero-order valence-corrected chi connectivity index (χ0v) is 11.6. The normalized spacial score (nSPS) is 21.9. The van der Waals surface area contributed by atoms with Crippen LogP contribution in [0.4, 0.5) is 0 Å². The van der Waals surface area contributed by atoms with Crippen LogP contribution in [-0.2, 0) is 0 Å². The largest absolute Gasteiger partial charge is 0.396 e. The molecule has 1 aliphatic rings. The Labute approximate surface area is 115 Å². The maximum absolute atomic E-state index is 9.19. The number of hydrogen-bond acceptors (Lipinski definition) is 6. The number of nitrogens with zero attached hydrogens (tertiary/aromatic N) is 3. The Morgan fingerprint density at radius 3 is 3.21 bits per heavy atom. The first-order valence-corrected chi connectivity index (χ1v) is 7.38. The zero-order valence-electron chi connectivity index (χ0n) is 10.8. The minimum absolute atomic E-state index is 0.109. The molecule has 5 nitrogen and oxygen atoms in total. The molecule has 0 bridgehead atoms. The fourth-order valence-electron chi connectivity index (χ4n) is 2.43. The van der Waals surface area contributed by atoms with Crippen molar-refractivity contribution >= 4 is 11.3 Å². The zero-order chi connectivity index (χ0) is 13.2. The lowest BCUT2D eigenvalue weighted by Gasteiger charge is -2.20. The summed E-state index contributed by atoms with van der Waals surface area (Å²) in [6.45, 7) is 4.20. The van der Waals surface area contributed by atoms with Crippen molar-refractivity contribution in [2.45, 2.75) is 19.4 Å². The topological polar surface area (TPSA) is 62.4 Å². The third-order valence-electron chi connectivity index (χ3n) is 3.66. The molecule has 3 rings (SSSR count). The van der Waals surface area contributed by atoms with Crippen LogP contribution in [-0.4, -0.2) is 39.8 Å². The van der Waals surface area contributed by atoms with Gasteiger partial charge < -0.3 is 9.63 Å². The molecule has 19 heavy (non-hydrogen) atoms. The minimum atomic E-state index is 0.109. The van der Waals surface area contributed by atoms with E-state index in [1.165, 1.54) is 0 Å². The van der Waals surface area contributed by atoms with Gasteiger partial charge in [-0.2, -0.15) is 4.98 Å². The van der Waals surface area contributed by atoms with Gasteiger partial charge in [-0.15, -0.1) is 11.3 Å². The quantitative estimate of drug-likeness (QED) is 0.929. The summed E-state index contributed by atoms with van der Waals surface area (Å²) in [5.74, 6) is 1.69. The maximum atomic E-state index is 9.19. The highest BCUT2D eigenvalue weighted by Gasteiger charge is 2.29. The van der Waals surface area contributed by atoms with Gasteiger partial charge in [0.25, 0.3) is 0 Å². The van der Waals surface area contributed by atoms with Crippen LogP contribution in [0.5, 0.6) is 0 Å². The van der Waals surface area contributed by atoms with E-state index in [0.29, 0.717) is 17.6 Å². The molecule has 2 atom stereocenters. The summed E-state index contributed by atoms with van der Waals surface area (Å²) < 4.78 is 5.37. The van der Waals surface area contributed by atoms with Crippen LogP contribution in [0.15, 0.2) is 22.0 Å². The van der Waals surface area contributed by atoms with E-state index in [1.807, 2.05) is 17.5 Å². The van der Waals surface area contributed by atoms with E-state index in [1.54, 1.807) is 11.3 Å². The van der Waals surface area contributed by atoms with Gasteiger partial charge in [0.1, 0.15) is 0 Å². The van der Waals surface area contributed by atoms with E-state index in [9.17, 15) is 5.11 Å². The lowest BCUT2D eigenvalue weighted by molar-refractivity contribution is 0.182. The van der Waals surface area contributed by atoms with Crippen molar-refractivity contribution in [2.24, 2.45) is 5.92 Å². The minimum Gasteiger partial charge on any atom is -0.396 e. The van der Waals surface area contributed by atoms with Crippen LogP contribution in [0, 0.1) is 5.92 Å². The van der Waals surface area contributed by atoms with Crippen molar-refractivity contribution < 1.29 is 9.63 Å². The highest BCUT2D eigenvalue weighted by atomic mass is 32.1. The molecule has 0 aliphatic carbocycles. The van der Waals surface area contributed by atoms with Crippen molar-refractivity contribution in [3.8, 4) is 10.7 Å². The molecule has 0 aromatic carbocycles. The summed E-state index contributed by atoms with van der Waals surface area (Å²) in [6.07, 6.45) is 1.03. The van der Waals surface area contributed by atoms with Gasteiger partial charge >= 0.3 is 0 Å². The molecular weight excluding hydrogens is 262 g/mol. The third kappa shape index (κ3) is 2.56. The molecule has 0 amide bonds. The second-order valence-corrected chi connectivity index (χ2v) is 5.89. The average Bonchev–Trinajstić information content (AvgIpc) is 3.16. The summed E-state index contributed by atoms with van der Waals surface area (Å²) in [4.78, 5) is 7.79. The molecule has 0 radical (unpaired) electrons. The Kier molecular flexibility index (Phi) is 3.63. The van der Waals surface area contributed by atoms with Gasteiger partial charge in [-0.1, -0.05) is 11.2 Å². The molecule has 6 heteroatoms. The predicted octanol–water partition coefficient (Wildman–Crippen LogP) is 2.17. The number of hydrogen-bond donors (Lipinski definition) is 1. The Balaban J connectivity index is 1.72. The number of thiophene rings is 1. The SMILES string of the molecule is CC(c1nc(-c2cccs2)no1)N1CCC(CO)C1. The lowest BCUT2D eigenvalue weighted by Crippen LogP contribution is -2.25. The summed E-state index contributed by atoms with van der Waals surface area (Å²) in [6, 6.07) is 4.07. The Bertz CT molecular complexity index is 526. The number of aromatic nitrogens is 2. The molecule has 102 valence electrons. The fraction of sp³-hybridized carbons (Fsp3) is 0.538. The van der Waals surface area contributed by atoms with Crippen LogP contribution in [0.25, 0.3) is 10.7 Å². The number of likely N-dealkylation sites (tertiary alicyclic amines) is 1. The van der Waals surface area contributed by atoms with E-state index in [4.69, 9.17) is 4.52 Å². The summed E-state index contributed by atoms with van der Waals surface area (Å²) in [7, 11) is 0. The van der Waals surface area contributed by atoms with Crippen LogP contribution >= 0.6 is 11.3 Å². The molecule has 1 N–H and O–H groups in total. The Morgan fingerprint density at radius 2 is 2.53 bits per heavy atom. The molecule has 3 heterocycles. The molecule has 2 aromatic heterocycles. The fourth-order valence-corrected chi connectivity index (χ4v) is 3.08. The van der Waals surface area contributed by atoms with Gasteiger partial charge in [0.05, 0.1) is 10.9 Å². The third-order valence-corrected chi connectivity index (χ3v) is 4.53. The maximum Gasteiger partial charge on any atom is 0.244 e. The standard InChI is InChI=1S/C13H17N3O2S/c1-9(16-5-4-10(7-16)8-17)13-14-12(15-18-13)11-3-2-6-19-11/h2-3,6,9-10,17H,4-5,7-8H2,1H3. The van der Waals surface area contributed by atoms with Crippen molar-refractivity contribution in [2.75, 3.05) is 19.7 Å².